The Kier molecular flexibility index (Phi) is 2.45. The highest BCUT2D eigenvalue weighted by molar-refractivity contribution is 5.32. The molecule has 0 radical (unpaired) electrons. The summed E-state index contributed by atoms with van der Waals surface area (Å²) in [7, 11) is 0. The van der Waals surface area contributed by atoms with Crippen molar-refractivity contribution in [3.63, 3.8) is 0 Å². The summed E-state index contributed by atoms with van der Waals surface area (Å²) in [4.78, 5) is 0. The van der Waals surface area contributed by atoms with Crippen molar-refractivity contribution in [1.29, 1.82) is 0 Å². The zero-order valence-corrected chi connectivity index (χ0v) is 8.39. The molecule has 0 aliphatic heterocycles. The highest BCUT2D eigenvalue weighted by atomic mass is 19.4. The Labute approximate surface area is 90.3 Å². The molecule has 0 bridgehead atoms. The number of hydrogen-bond donors (Lipinski definition) is 1. The van der Waals surface area contributed by atoms with Crippen LogP contribution in [-0.2, 0) is 11.8 Å². The van der Waals surface area contributed by atoms with E-state index < -0.39 is 17.4 Å². The van der Waals surface area contributed by atoms with E-state index in [0.29, 0.717) is 0 Å². The van der Waals surface area contributed by atoms with Gasteiger partial charge in [-0.2, -0.15) is 13.2 Å². The minimum absolute atomic E-state index is 0.0732. The smallest absolute Gasteiger partial charge is 0.327 e. The van der Waals surface area contributed by atoms with Crippen molar-refractivity contribution in [3.05, 3.63) is 35.4 Å². The van der Waals surface area contributed by atoms with Crippen LogP contribution in [0.15, 0.2) is 24.3 Å². The van der Waals surface area contributed by atoms with Crippen LogP contribution in [0.1, 0.15) is 24.0 Å². The maximum absolute atomic E-state index is 14.0. The van der Waals surface area contributed by atoms with Crippen molar-refractivity contribution in [2.75, 3.05) is 0 Å². The lowest BCUT2D eigenvalue weighted by molar-refractivity contribution is -0.137. The van der Waals surface area contributed by atoms with E-state index in [9.17, 15) is 17.6 Å². The molecule has 2 N–H and O–H groups in total. The largest absolute Gasteiger partial charge is 0.416 e. The van der Waals surface area contributed by atoms with Gasteiger partial charge < -0.3 is 5.73 Å². The molecule has 1 saturated carbocycles. The predicted molar refractivity (Wildman–Crippen MR) is 51.4 cm³/mol. The average Bonchev–Trinajstić information content (AvgIpc) is 2.14. The topological polar surface area (TPSA) is 26.0 Å². The predicted octanol–water partition coefficient (Wildman–Crippen LogP) is 2.99. The Morgan fingerprint density at radius 2 is 1.88 bits per heavy atom. The van der Waals surface area contributed by atoms with Crippen molar-refractivity contribution < 1.29 is 17.6 Å². The van der Waals surface area contributed by atoms with E-state index in [1.54, 1.807) is 0 Å². The van der Waals surface area contributed by atoms with Gasteiger partial charge in [-0.25, -0.2) is 4.39 Å². The fourth-order valence-electron chi connectivity index (χ4n) is 1.98. The Morgan fingerprint density at radius 1 is 1.25 bits per heavy atom. The van der Waals surface area contributed by atoms with Gasteiger partial charge in [-0.3, -0.25) is 0 Å². The minimum atomic E-state index is -4.43. The molecule has 0 aromatic heterocycles. The van der Waals surface area contributed by atoms with Crippen LogP contribution in [0.25, 0.3) is 0 Å². The molecule has 0 atom stereocenters. The van der Waals surface area contributed by atoms with Gasteiger partial charge in [0.25, 0.3) is 0 Å². The van der Waals surface area contributed by atoms with Crippen LogP contribution in [0.5, 0.6) is 0 Å². The van der Waals surface area contributed by atoms with E-state index >= 15 is 0 Å². The molecule has 1 aromatic rings. The van der Waals surface area contributed by atoms with Crippen LogP contribution >= 0.6 is 0 Å². The lowest BCUT2D eigenvalue weighted by atomic mass is 9.73. The van der Waals surface area contributed by atoms with E-state index in [1.165, 1.54) is 12.1 Å². The van der Waals surface area contributed by atoms with Gasteiger partial charge in [-0.05, 0) is 17.7 Å². The summed E-state index contributed by atoms with van der Waals surface area (Å²) in [6, 6.07) is 4.15. The molecule has 1 aliphatic carbocycles. The second-order valence-corrected chi connectivity index (χ2v) is 4.21. The standard InChI is InChI=1S/C11H11F4N/c12-10(5-9(16)6-10)7-2-1-3-8(4-7)11(13,14)15/h1-4,9H,5-6,16H2. The Hall–Kier alpha value is -1.10. The molecule has 88 valence electrons. The molecule has 2 rings (SSSR count). The summed E-state index contributed by atoms with van der Waals surface area (Å²) in [6.45, 7) is 0. The van der Waals surface area contributed by atoms with Gasteiger partial charge in [0, 0.05) is 18.9 Å². The van der Waals surface area contributed by atoms with Gasteiger partial charge >= 0.3 is 6.18 Å². The fourth-order valence-corrected chi connectivity index (χ4v) is 1.98. The van der Waals surface area contributed by atoms with Gasteiger partial charge in [0.1, 0.15) is 5.67 Å². The molecular weight excluding hydrogens is 222 g/mol. The van der Waals surface area contributed by atoms with Crippen LogP contribution < -0.4 is 5.73 Å². The summed E-state index contributed by atoms with van der Waals surface area (Å²) >= 11 is 0. The third-order valence-corrected chi connectivity index (χ3v) is 2.88. The Bertz CT molecular complexity index is 393. The maximum Gasteiger partial charge on any atom is 0.416 e. The average molecular weight is 233 g/mol. The van der Waals surface area contributed by atoms with Crippen LogP contribution in [0.2, 0.25) is 0 Å². The first-order valence-electron chi connectivity index (χ1n) is 4.93. The lowest BCUT2D eigenvalue weighted by Crippen LogP contribution is -2.46. The van der Waals surface area contributed by atoms with Gasteiger partial charge in [0.2, 0.25) is 0 Å². The third kappa shape index (κ3) is 1.91. The zero-order chi connectivity index (χ0) is 12.0. The molecule has 0 amide bonds. The highest BCUT2D eigenvalue weighted by Gasteiger charge is 2.45. The maximum atomic E-state index is 14.0. The van der Waals surface area contributed by atoms with Crippen LogP contribution in [0.4, 0.5) is 17.6 Å². The van der Waals surface area contributed by atoms with Gasteiger partial charge in [0.05, 0.1) is 5.56 Å². The Morgan fingerprint density at radius 3 is 2.38 bits per heavy atom. The van der Waals surface area contributed by atoms with E-state index in [2.05, 4.69) is 0 Å². The first-order valence-corrected chi connectivity index (χ1v) is 4.93. The van der Waals surface area contributed by atoms with Crippen LogP contribution in [-0.4, -0.2) is 6.04 Å². The molecule has 0 unspecified atom stereocenters. The number of rotatable bonds is 1. The number of hydrogen-bond acceptors (Lipinski definition) is 1. The third-order valence-electron chi connectivity index (χ3n) is 2.88. The Balaban J connectivity index is 2.30. The van der Waals surface area contributed by atoms with E-state index in [1.807, 2.05) is 0 Å². The fraction of sp³-hybridized carbons (Fsp3) is 0.455. The molecule has 0 heterocycles. The molecule has 0 spiro atoms. The van der Waals surface area contributed by atoms with E-state index in [0.717, 1.165) is 12.1 Å². The molecule has 1 fully saturated rings. The quantitative estimate of drug-likeness (QED) is 0.741. The second kappa shape index (κ2) is 3.45. The normalized spacial score (nSPS) is 29.9. The number of alkyl halides is 4. The number of halogens is 4. The molecule has 0 saturated heterocycles. The molecular formula is C11H11F4N. The second-order valence-electron chi connectivity index (χ2n) is 4.21. The van der Waals surface area contributed by atoms with Gasteiger partial charge in [-0.1, -0.05) is 12.1 Å². The van der Waals surface area contributed by atoms with Crippen molar-refractivity contribution in [2.45, 2.75) is 30.7 Å². The number of benzene rings is 1. The summed E-state index contributed by atoms with van der Waals surface area (Å²) in [5, 5.41) is 0. The van der Waals surface area contributed by atoms with Gasteiger partial charge in [-0.15, -0.1) is 0 Å². The van der Waals surface area contributed by atoms with E-state index in [4.69, 9.17) is 5.73 Å². The highest BCUT2D eigenvalue weighted by Crippen LogP contribution is 2.45. The first-order chi connectivity index (χ1) is 7.31. The van der Waals surface area contributed by atoms with Crippen LogP contribution in [0, 0.1) is 0 Å². The van der Waals surface area contributed by atoms with Crippen molar-refractivity contribution >= 4 is 0 Å². The van der Waals surface area contributed by atoms with Crippen molar-refractivity contribution in [2.24, 2.45) is 5.73 Å². The monoisotopic (exact) mass is 233 g/mol. The first kappa shape index (κ1) is 11.4. The molecule has 1 nitrogen and oxygen atoms in total. The minimum Gasteiger partial charge on any atom is -0.327 e. The number of nitrogens with two attached hydrogens (primary N) is 1. The van der Waals surface area contributed by atoms with Gasteiger partial charge in [0.15, 0.2) is 0 Å². The summed E-state index contributed by atoms with van der Waals surface area (Å²) in [5.74, 6) is 0. The van der Waals surface area contributed by atoms with Crippen molar-refractivity contribution in [3.8, 4) is 0 Å². The summed E-state index contributed by atoms with van der Waals surface area (Å²) in [5.41, 5.74) is 3.03. The molecule has 5 heteroatoms. The van der Waals surface area contributed by atoms with E-state index in [-0.39, 0.29) is 24.4 Å². The molecule has 1 aromatic carbocycles. The zero-order valence-electron chi connectivity index (χ0n) is 8.39. The molecule has 16 heavy (non-hydrogen) atoms. The molecule has 1 aliphatic rings. The SMILES string of the molecule is NC1CC(F)(c2cccc(C(F)(F)F)c2)C1. The summed E-state index contributed by atoms with van der Waals surface area (Å²) < 4.78 is 51.2. The van der Waals surface area contributed by atoms with Crippen molar-refractivity contribution in [1.82, 2.24) is 0 Å². The lowest BCUT2D eigenvalue weighted by Gasteiger charge is -2.39. The summed E-state index contributed by atoms with van der Waals surface area (Å²) in [6.07, 6.45) is -4.25. The van der Waals surface area contributed by atoms with Crippen LogP contribution in [0.3, 0.4) is 0 Å².